The summed E-state index contributed by atoms with van der Waals surface area (Å²) in [6, 6.07) is 18.1. The SMILES string of the molecule is COc1ccccc1CCNC(=O)CC(=O)N1CCN(Cc2ccccc2)CC1. The van der Waals surface area contributed by atoms with Crippen molar-refractivity contribution >= 4 is 11.8 Å². The van der Waals surface area contributed by atoms with Gasteiger partial charge < -0.3 is 15.0 Å². The summed E-state index contributed by atoms with van der Waals surface area (Å²) in [5.41, 5.74) is 2.32. The van der Waals surface area contributed by atoms with Gasteiger partial charge in [0.15, 0.2) is 0 Å². The number of methoxy groups -OCH3 is 1. The van der Waals surface area contributed by atoms with Crippen LogP contribution in [0, 0.1) is 0 Å². The first kappa shape index (κ1) is 20.9. The molecule has 6 heteroatoms. The van der Waals surface area contributed by atoms with Crippen molar-refractivity contribution in [3.05, 3.63) is 65.7 Å². The van der Waals surface area contributed by atoms with E-state index in [-0.39, 0.29) is 18.2 Å². The molecule has 1 aliphatic rings. The van der Waals surface area contributed by atoms with E-state index >= 15 is 0 Å². The predicted molar refractivity (Wildman–Crippen MR) is 113 cm³/mol. The van der Waals surface area contributed by atoms with E-state index in [1.165, 1.54) is 5.56 Å². The summed E-state index contributed by atoms with van der Waals surface area (Å²) in [7, 11) is 1.63. The van der Waals surface area contributed by atoms with Gasteiger partial charge in [-0.25, -0.2) is 0 Å². The Bertz CT molecular complexity index is 802. The molecule has 1 aliphatic heterocycles. The molecule has 29 heavy (non-hydrogen) atoms. The van der Waals surface area contributed by atoms with Gasteiger partial charge in [-0.05, 0) is 23.6 Å². The molecular formula is C23H29N3O3. The number of nitrogens with zero attached hydrogens (tertiary/aromatic N) is 2. The molecule has 1 N–H and O–H groups in total. The Balaban J connectivity index is 1.36. The zero-order valence-corrected chi connectivity index (χ0v) is 17.0. The first-order valence-corrected chi connectivity index (χ1v) is 10.1. The second kappa shape index (κ2) is 10.6. The highest BCUT2D eigenvalue weighted by molar-refractivity contribution is 5.96. The van der Waals surface area contributed by atoms with Crippen molar-refractivity contribution in [2.45, 2.75) is 19.4 Å². The monoisotopic (exact) mass is 395 g/mol. The molecule has 0 spiro atoms. The molecule has 0 radical (unpaired) electrons. The van der Waals surface area contributed by atoms with Crippen LogP contribution in [-0.4, -0.2) is 61.4 Å². The number of piperazine rings is 1. The summed E-state index contributed by atoms with van der Waals surface area (Å²) in [4.78, 5) is 28.7. The molecule has 0 bridgehead atoms. The molecule has 1 saturated heterocycles. The minimum absolute atomic E-state index is 0.0926. The number of benzene rings is 2. The summed E-state index contributed by atoms with van der Waals surface area (Å²) in [6.45, 7) is 4.37. The van der Waals surface area contributed by atoms with Crippen LogP contribution in [0.3, 0.4) is 0 Å². The first-order valence-electron chi connectivity index (χ1n) is 10.1. The van der Waals surface area contributed by atoms with Gasteiger partial charge in [-0.2, -0.15) is 0 Å². The molecule has 1 fully saturated rings. The molecule has 0 saturated carbocycles. The molecule has 2 aromatic carbocycles. The minimum atomic E-state index is -0.225. The second-order valence-corrected chi connectivity index (χ2v) is 7.23. The maximum Gasteiger partial charge on any atom is 0.232 e. The number of carbonyl (C=O) groups is 2. The first-order chi connectivity index (χ1) is 14.2. The van der Waals surface area contributed by atoms with Gasteiger partial charge in [0.1, 0.15) is 12.2 Å². The highest BCUT2D eigenvalue weighted by Gasteiger charge is 2.22. The molecule has 2 amide bonds. The third-order valence-electron chi connectivity index (χ3n) is 5.19. The third kappa shape index (κ3) is 6.32. The lowest BCUT2D eigenvalue weighted by Gasteiger charge is -2.34. The predicted octanol–water partition coefficient (Wildman–Crippen LogP) is 2.09. The van der Waals surface area contributed by atoms with Crippen LogP contribution in [0.2, 0.25) is 0 Å². The summed E-state index contributed by atoms with van der Waals surface area (Å²) in [5, 5.41) is 2.84. The molecule has 154 valence electrons. The van der Waals surface area contributed by atoms with Crippen molar-refractivity contribution in [1.82, 2.24) is 15.1 Å². The van der Waals surface area contributed by atoms with Crippen LogP contribution in [0.5, 0.6) is 5.75 Å². The number of hydrogen-bond donors (Lipinski definition) is 1. The summed E-state index contributed by atoms with van der Waals surface area (Å²) >= 11 is 0. The number of amides is 2. The van der Waals surface area contributed by atoms with E-state index in [0.717, 1.165) is 30.9 Å². The Labute approximate surface area is 172 Å². The summed E-state index contributed by atoms with van der Waals surface area (Å²) < 4.78 is 5.32. The van der Waals surface area contributed by atoms with E-state index in [0.29, 0.717) is 26.1 Å². The van der Waals surface area contributed by atoms with Crippen LogP contribution in [-0.2, 0) is 22.6 Å². The highest BCUT2D eigenvalue weighted by Crippen LogP contribution is 2.17. The third-order valence-corrected chi connectivity index (χ3v) is 5.19. The molecule has 3 rings (SSSR count). The van der Waals surface area contributed by atoms with Gasteiger partial charge in [0, 0.05) is 39.3 Å². The number of nitrogens with one attached hydrogen (secondary N) is 1. The number of rotatable bonds is 8. The average Bonchev–Trinajstić information content (AvgIpc) is 2.75. The molecule has 0 unspecified atom stereocenters. The number of carbonyl (C=O) groups excluding carboxylic acids is 2. The maximum absolute atomic E-state index is 12.4. The van der Waals surface area contributed by atoms with Gasteiger partial charge in [-0.1, -0.05) is 48.5 Å². The van der Waals surface area contributed by atoms with Crippen LogP contribution in [0.1, 0.15) is 17.5 Å². The van der Waals surface area contributed by atoms with Crippen molar-refractivity contribution in [3.63, 3.8) is 0 Å². The lowest BCUT2D eigenvalue weighted by molar-refractivity contribution is -0.137. The zero-order valence-electron chi connectivity index (χ0n) is 17.0. The van der Waals surface area contributed by atoms with E-state index < -0.39 is 0 Å². The minimum Gasteiger partial charge on any atom is -0.496 e. The van der Waals surface area contributed by atoms with Crippen LogP contribution >= 0.6 is 0 Å². The van der Waals surface area contributed by atoms with Crippen molar-refractivity contribution in [2.24, 2.45) is 0 Å². The van der Waals surface area contributed by atoms with Crippen LogP contribution in [0.4, 0.5) is 0 Å². The molecule has 0 aliphatic carbocycles. The van der Waals surface area contributed by atoms with Crippen molar-refractivity contribution in [1.29, 1.82) is 0 Å². The Morgan fingerprint density at radius 3 is 2.38 bits per heavy atom. The molecule has 6 nitrogen and oxygen atoms in total. The fourth-order valence-corrected chi connectivity index (χ4v) is 3.55. The van der Waals surface area contributed by atoms with Crippen LogP contribution < -0.4 is 10.1 Å². The Morgan fingerprint density at radius 2 is 1.66 bits per heavy atom. The normalized spacial score (nSPS) is 14.4. The fourth-order valence-electron chi connectivity index (χ4n) is 3.55. The van der Waals surface area contributed by atoms with Crippen molar-refractivity contribution < 1.29 is 14.3 Å². The van der Waals surface area contributed by atoms with Gasteiger partial charge in [0.25, 0.3) is 0 Å². The van der Waals surface area contributed by atoms with Gasteiger partial charge in [0.2, 0.25) is 11.8 Å². The van der Waals surface area contributed by atoms with Gasteiger partial charge >= 0.3 is 0 Å². The van der Waals surface area contributed by atoms with Crippen LogP contribution in [0.15, 0.2) is 54.6 Å². The van der Waals surface area contributed by atoms with E-state index in [1.54, 1.807) is 12.0 Å². The van der Waals surface area contributed by atoms with Gasteiger partial charge in [0.05, 0.1) is 7.11 Å². The van der Waals surface area contributed by atoms with E-state index in [1.807, 2.05) is 42.5 Å². The fraction of sp³-hybridized carbons (Fsp3) is 0.391. The van der Waals surface area contributed by atoms with E-state index in [4.69, 9.17) is 4.74 Å². The number of hydrogen-bond acceptors (Lipinski definition) is 4. The van der Waals surface area contributed by atoms with Gasteiger partial charge in [-0.15, -0.1) is 0 Å². The van der Waals surface area contributed by atoms with E-state index in [9.17, 15) is 9.59 Å². The van der Waals surface area contributed by atoms with Crippen molar-refractivity contribution in [3.8, 4) is 5.75 Å². The van der Waals surface area contributed by atoms with E-state index in [2.05, 4.69) is 22.3 Å². The smallest absolute Gasteiger partial charge is 0.232 e. The Morgan fingerprint density at radius 1 is 0.966 bits per heavy atom. The molecule has 0 aromatic heterocycles. The largest absolute Gasteiger partial charge is 0.496 e. The quantitative estimate of drug-likeness (QED) is 0.696. The molecule has 0 atom stereocenters. The Hall–Kier alpha value is -2.86. The maximum atomic E-state index is 12.4. The second-order valence-electron chi connectivity index (χ2n) is 7.23. The topological polar surface area (TPSA) is 61.9 Å². The average molecular weight is 396 g/mol. The van der Waals surface area contributed by atoms with Crippen molar-refractivity contribution in [2.75, 3.05) is 39.8 Å². The lowest BCUT2D eigenvalue weighted by atomic mass is 10.1. The lowest BCUT2D eigenvalue weighted by Crippen LogP contribution is -2.49. The van der Waals surface area contributed by atoms with Gasteiger partial charge in [-0.3, -0.25) is 14.5 Å². The molecule has 1 heterocycles. The zero-order chi connectivity index (χ0) is 20.5. The molecule has 2 aromatic rings. The summed E-state index contributed by atoms with van der Waals surface area (Å²) in [6.07, 6.45) is 0.576. The number of ether oxygens (including phenoxy) is 1. The standard InChI is InChI=1S/C23H29N3O3/c1-29-21-10-6-5-9-20(21)11-12-24-22(27)17-23(28)26-15-13-25(14-16-26)18-19-7-3-2-4-8-19/h2-10H,11-18H2,1H3,(H,24,27). The molecular weight excluding hydrogens is 366 g/mol. The summed E-state index contributed by atoms with van der Waals surface area (Å²) in [5.74, 6) is 0.488. The highest BCUT2D eigenvalue weighted by atomic mass is 16.5. The van der Waals surface area contributed by atoms with Crippen LogP contribution in [0.25, 0.3) is 0 Å². The number of para-hydroxylation sites is 1. The Kier molecular flexibility index (Phi) is 7.64.